The highest BCUT2D eigenvalue weighted by atomic mass is 32.2. The number of ether oxygens (including phenoxy) is 2. The van der Waals surface area contributed by atoms with Gasteiger partial charge in [0.15, 0.2) is 11.5 Å². The van der Waals surface area contributed by atoms with Crippen LogP contribution in [0.5, 0.6) is 11.5 Å². The molecule has 7 heteroatoms. The molecule has 0 unspecified atom stereocenters. The Balaban J connectivity index is 2.00. The maximum Gasteiger partial charge on any atom is 0.211 e. The minimum atomic E-state index is -4.04. The van der Waals surface area contributed by atoms with Crippen molar-refractivity contribution in [3.05, 3.63) is 94.3 Å². The van der Waals surface area contributed by atoms with Crippen LogP contribution in [-0.4, -0.2) is 27.2 Å². The third-order valence-electron chi connectivity index (χ3n) is 5.68. The van der Waals surface area contributed by atoms with Gasteiger partial charge in [0.1, 0.15) is 4.90 Å². The molecule has 1 aromatic heterocycles. The number of hydrogen-bond donors (Lipinski definition) is 0. The van der Waals surface area contributed by atoms with Crippen molar-refractivity contribution in [2.75, 3.05) is 14.2 Å². The number of benzene rings is 3. The van der Waals surface area contributed by atoms with Crippen LogP contribution in [0.1, 0.15) is 18.1 Å². The summed E-state index contributed by atoms with van der Waals surface area (Å²) in [6.45, 7) is 2.38. The molecule has 0 aliphatic carbocycles. The van der Waals surface area contributed by atoms with E-state index in [9.17, 15) is 13.2 Å². The van der Waals surface area contributed by atoms with E-state index in [1.165, 1.54) is 26.5 Å². The molecule has 0 saturated carbocycles. The molecule has 0 aliphatic heterocycles. The third-order valence-corrected chi connectivity index (χ3v) is 7.44. The van der Waals surface area contributed by atoms with E-state index in [0.29, 0.717) is 23.6 Å². The van der Waals surface area contributed by atoms with Gasteiger partial charge >= 0.3 is 0 Å². The molecule has 4 aromatic rings. The first-order chi connectivity index (χ1) is 15.9. The van der Waals surface area contributed by atoms with Crippen LogP contribution >= 0.6 is 0 Å². The van der Waals surface area contributed by atoms with Crippen molar-refractivity contribution in [1.29, 1.82) is 0 Å². The standard InChI is InChI=1S/C26H25NO5S/c1-4-18-10-12-20(13-11-18)33(29,30)25-17-27(16-19-8-6-5-7-9-19)22-15-24(32-3)23(31-2)14-21(22)26(25)28/h5-15,17H,4,16H2,1-3H3. The predicted octanol–water partition coefficient (Wildman–Crippen LogP) is 4.46. The van der Waals surface area contributed by atoms with Gasteiger partial charge in [-0.25, -0.2) is 8.42 Å². The molecule has 0 amide bonds. The van der Waals surface area contributed by atoms with Crippen LogP contribution in [0.2, 0.25) is 0 Å². The average Bonchev–Trinajstić information content (AvgIpc) is 2.85. The van der Waals surface area contributed by atoms with E-state index < -0.39 is 15.3 Å². The second kappa shape index (κ2) is 9.11. The van der Waals surface area contributed by atoms with Gasteiger partial charge in [-0.2, -0.15) is 0 Å². The molecule has 170 valence electrons. The minimum absolute atomic E-state index is 0.0860. The summed E-state index contributed by atoms with van der Waals surface area (Å²) >= 11 is 0. The van der Waals surface area contributed by atoms with Crippen molar-refractivity contribution >= 4 is 20.7 Å². The zero-order chi connectivity index (χ0) is 23.6. The monoisotopic (exact) mass is 463 g/mol. The van der Waals surface area contributed by atoms with Crippen molar-refractivity contribution in [3.8, 4) is 11.5 Å². The van der Waals surface area contributed by atoms with Crippen LogP contribution in [0.25, 0.3) is 10.9 Å². The SMILES string of the molecule is CCc1ccc(S(=O)(=O)c2cn(Cc3ccccc3)c3cc(OC)c(OC)cc3c2=O)cc1. The van der Waals surface area contributed by atoms with E-state index in [-0.39, 0.29) is 15.2 Å². The summed E-state index contributed by atoms with van der Waals surface area (Å²) in [7, 11) is -1.05. The Labute approximate surface area is 192 Å². The molecule has 33 heavy (non-hydrogen) atoms. The van der Waals surface area contributed by atoms with Crippen LogP contribution in [0, 0.1) is 0 Å². The van der Waals surface area contributed by atoms with Crippen molar-refractivity contribution in [1.82, 2.24) is 4.57 Å². The van der Waals surface area contributed by atoms with Gasteiger partial charge < -0.3 is 14.0 Å². The quantitative estimate of drug-likeness (QED) is 0.405. The van der Waals surface area contributed by atoms with Gasteiger partial charge in [-0.05, 0) is 35.7 Å². The lowest BCUT2D eigenvalue weighted by atomic mass is 10.1. The Kier molecular flexibility index (Phi) is 6.24. The van der Waals surface area contributed by atoms with Gasteiger partial charge in [0.05, 0.1) is 30.0 Å². The number of pyridine rings is 1. The Hall–Kier alpha value is -3.58. The fourth-order valence-corrected chi connectivity index (χ4v) is 5.19. The lowest BCUT2D eigenvalue weighted by molar-refractivity contribution is 0.355. The van der Waals surface area contributed by atoms with Gasteiger partial charge in [0, 0.05) is 18.8 Å². The van der Waals surface area contributed by atoms with Gasteiger partial charge in [-0.3, -0.25) is 4.79 Å². The van der Waals surface area contributed by atoms with Crippen molar-refractivity contribution in [2.45, 2.75) is 29.7 Å². The highest BCUT2D eigenvalue weighted by Crippen LogP contribution is 2.32. The second-order valence-corrected chi connectivity index (χ2v) is 9.58. The maximum absolute atomic E-state index is 13.5. The normalized spacial score (nSPS) is 11.5. The molecular formula is C26H25NO5S. The Bertz CT molecular complexity index is 1460. The van der Waals surface area contributed by atoms with Crippen LogP contribution in [0.3, 0.4) is 0 Å². The summed E-state index contributed by atoms with van der Waals surface area (Å²) in [6, 6.07) is 19.5. The first-order valence-electron chi connectivity index (χ1n) is 10.6. The predicted molar refractivity (Wildman–Crippen MR) is 128 cm³/mol. The summed E-state index contributed by atoms with van der Waals surface area (Å²) in [4.78, 5) is 13.3. The van der Waals surface area contributed by atoms with Crippen molar-refractivity contribution in [3.63, 3.8) is 0 Å². The van der Waals surface area contributed by atoms with Crippen LogP contribution < -0.4 is 14.9 Å². The van der Waals surface area contributed by atoms with E-state index in [1.54, 1.807) is 34.9 Å². The highest BCUT2D eigenvalue weighted by Gasteiger charge is 2.25. The number of rotatable bonds is 7. The van der Waals surface area contributed by atoms with E-state index in [1.807, 2.05) is 37.3 Å². The summed E-state index contributed by atoms with van der Waals surface area (Å²) in [5.41, 5.74) is 1.97. The Morgan fingerprint density at radius 3 is 2.09 bits per heavy atom. The molecule has 6 nitrogen and oxygen atoms in total. The maximum atomic E-state index is 13.5. The number of nitrogens with zero attached hydrogens (tertiary/aromatic N) is 1. The number of aromatic nitrogens is 1. The summed E-state index contributed by atoms with van der Waals surface area (Å²) in [5, 5.41) is 0.245. The molecule has 0 radical (unpaired) electrons. The van der Waals surface area contributed by atoms with Gasteiger partial charge in [0.2, 0.25) is 15.3 Å². The number of hydrogen-bond acceptors (Lipinski definition) is 5. The molecule has 3 aromatic carbocycles. The van der Waals surface area contributed by atoms with Crippen LogP contribution in [-0.2, 0) is 22.8 Å². The van der Waals surface area contributed by atoms with Crippen molar-refractivity contribution in [2.24, 2.45) is 0 Å². The molecule has 0 bridgehead atoms. The number of methoxy groups -OCH3 is 2. The average molecular weight is 464 g/mol. The number of fused-ring (bicyclic) bond motifs is 1. The van der Waals surface area contributed by atoms with E-state index in [0.717, 1.165) is 17.5 Å². The lowest BCUT2D eigenvalue weighted by Gasteiger charge is -2.16. The molecular weight excluding hydrogens is 438 g/mol. The second-order valence-electron chi connectivity index (χ2n) is 7.66. The molecule has 0 saturated heterocycles. The van der Waals surface area contributed by atoms with Crippen LogP contribution in [0.4, 0.5) is 0 Å². The first kappa shape index (κ1) is 22.6. The third kappa shape index (κ3) is 4.24. The van der Waals surface area contributed by atoms with E-state index in [2.05, 4.69) is 0 Å². The van der Waals surface area contributed by atoms with Gasteiger partial charge in [0.25, 0.3) is 0 Å². The number of aryl methyl sites for hydroxylation is 1. The summed E-state index contributed by atoms with van der Waals surface area (Å²) in [6.07, 6.45) is 2.22. The zero-order valence-electron chi connectivity index (χ0n) is 18.7. The highest BCUT2D eigenvalue weighted by molar-refractivity contribution is 7.91. The van der Waals surface area contributed by atoms with E-state index in [4.69, 9.17) is 9.47 Å². The molecule has 0 atom stereocenters. The summed E-state index contributed by atoms with van der Waals surface area (Å²) in [5.74, 6) is 0.812. The summed E-state index contributed by atoms with van der Waals surface area (Å²) < 4.78 is 39.6. The van der Waals surface area contributed by atoms with Crippen molar-refractivity contribution < 1.29 is 17.9 Å². The van der Waals surface area contributed by atoms with Gasteiger partial charge in [-0.1, -0.05) is 49.4 Å². The fraction of sp³-hybridized carbons (Fsp3) is 0.192. The molecule has 0 spiro atoms. The Morgan fingerprint density at radius 1 is 0.848 bits per heavy atom. The minimum Gasteiger partial charge on any atom is -0.493 e. The first-order valence-corrected chi connectivity index (χ1v) is 12.0. The largest absolute Gasteiger partial charge is 0.493 e. The number of sulfone groups is 1. The molecule has 1 heterocycles. The Morgan fingerprint density at radius 2 is 1.48 bits per heavy atom. The molecule has 0 aliphatic rings. The zero-order valence-corrected chi connectivity index (χ0v) is 19.6. The van der Waals surface area contributed by atoms with E-state index >= 15 is 0 Å². The molecule has 0 fully saturated rings. The smallest absolute Gasteiger partial charge is 0.211 e. The molecule has 0 N–H and O–H groups in total. The van der Waals surface area contributed by atoms with Gasteiger partial charge in [-0.15, -0.1) is 0 Å². The lowest BCUT2D eigenvalue weighted by Crippen LogP contribution is -2.20. The fourth-order valence-electron chi connectivity index (χ4n) is 3.82. The topological polar surface area (TPSA) is 74.6 Å². The molecule has 4 rings (SSSR count). The van der Waals surface area contributed by atoms with Crippen LogP contribution in [0.15, 0.2) is 87.5 Å².